The first-order chi connectivity index (χ1) is 8.08. The fourth-order valence-electron chi connectivity index (χ4n) is 1.59. The average Bonchev–Trinajstić information content (AvgIpc) is 2.33. The molecule has 0 amide bonds. The molecule has 2 aromatic rings. The van der Waals surface area contributed by atoms with Crippen LogP contribution in [0.5, 0.6) is 0 Å². The minimum absolute atomic E-state index is 0.415. The van der Waals surface area contributed by atoms with E-state index in [-0.39, 0.29) is 0 Å². The van der Waals surface area contributed by atoms with Crippen LogP contribution in [0.2, 0.25) is 10.0 Å². The van der Waals surface area contributed by atoms with Crippen molar-refractivity contribution in [3.63, 3.8) is 0 Å². The summed E-state index contributed by atoms with van der Waals surface area (Å²) in [5.74, 6) is 0.415. The molecule has 0 fully saturated rings. The Labute approximate surface area is 111 Å². The van der Waals surface area contributed by atoms with Gasteiger partial charge in [0.25, 0.3) is 0 Å². The zero-order valence-corrected chi connectivity index (χ0v) is 11.3. The summed E-state index contributed by atoms with van der Waals surface area (Å²) in [4.78, 5) is 4.61. The van der Waals surface area contributed by atoms with Gasteiger partial charge in [-0.15, -0.1) is 0 Å². The molecule has 0 spiro atoms. The van der Waals surface area contributed by atoms with E-state index in [0.717, 1.165) is 17.0 Å². The molecule has 0 aliphatic carbocycles. The van der Waals surface area contributed by atoms with E-state index in [1.807, 2.05) is 30.3 Å². The Morgan fingerprint density at radius 1 is 1.00 bits per heavy atom. The maximum atomic E-state index is 6.01. The Balaban J connectivity index is 2.45. The number of pyridine rings is 1. The lowest BCUT2D eigenvalue weighted by molar-refractivity contribution is 0.824. The van der Waals surface area contributed by atoms with Crippen molar-refractivity contribution < 1.29 is 0 Å². The summed E-state index contributed by atoms with van der Waals surface area (Å²) in [5.41, 5.74) is 2.99. The summed E-state index contributed by atoms with van der Waals surface area (Å²) in [5, 5.41) is 1.12. The maximum Gasteiger partial charge on any atom is 0.0705 e. The van der Waals surface area contributed by atoms with E-state index in [1.165, 1.54) is 0 Å². The molecule has 1 nitrogen and oxygen atoms in total. The van der Waals surface area contributed by atoms with Crippen LogP contribution in [0.15, 0.2) is 36.4 Å². The standard InChI is InChI=1S/C14H13Cl2N/c1-9(2)13-4-3-5-14(17-13)10-6-7-11(15)12(16)8-10/h3-9H,1-2H3. The largest absolute Gasteiger partial charge is 0.253 e. The van der Waals surface area contributed by atoms with Crippen LogP contribution in [0, 0.1) is 0 Å². The molecule has 0 unspecified atom stereocenters. The molecule has 0 radical (unpaired) electrons. The van der Waals surface area contributed by atoms with Gasteiger partial charge in [-0.05, 0) is 30.2 Å². The molecule has 2 rings (SSSR count). The monoisotopic (exact) mass is 265 g/mol. The van der Waals surface area contributed by atoms with Gasteiger partial charge in [-0.2, -0.15) is 0 Å². The Kier molecular flexibility index (Phi) is 3.70. The highest BCUT2D eigenvalue weighted by Gasteiger charge is 2.06. The molecule has 0 saturated carbocycles. The highest BCUT2D eigenvalue weighted by atomic mass is 35.5. The van der Waals surface area contributed by atoms with Crippen molar-refractivity contribution in [2.75, 3.05) is 0 Å². The van der Waals surface area contributed by atoms with Crippen LogP contribution in [0.25, 0.3) is 11.3 Å². The number of halogens is 2. The summed E-state index contributed by atoms with van der Waals surface area (Å²) >= 11 is 11.9. The Morgan fingerprint density at radius 2 is 1.76 bits per heavy atom. The van der Waals surface area contributed by atoms with E-state index in [4.69, 9.17) is 23.2 Å². The van der Waals surface area contributed by atoms with Crippen molar-refractivity contribution in [2.24, 2.45) is 0 Å². The zero-order chi connectivity index (χ0) is 12.4. The third-order valence-corrected chi connectivity index (χ3v) is 3.32. The quantitative estimate of drug-likeness (QED) is 0.729. The highest BCUT2D eigenvalue weighted by Crippen LogP contribution is 2.28. The normalized spacial score (nSPS) is 10.9. The van der Waals surface area contributed by atoms with Crippen LogP contribution in [0.1, 0.15) is 25.5 Å². The molecular weight excluding hydrogens is 253 g/mol. The van der Waals surface area contributed by atoms with Crippen LogP contribution < -0.4 is 0 Å². The lowest BCUT2D eigenvalue weighted by atomic mass is 10.1. The summed E-state index contributed by atoms with van der Waals surface area (Å²) < 4.78 is 0. The highest BCUT2D eigenvalue weighted by molar-refractivity contribution is 6.42. The molecule has 17 heavy (non-hydrogen) atoms. The second-order valence-corrected chi connectivity index (χ2v) is 5.05. The first-order valence-corrected chi connectivity index (χ1v) is 6.26. The summed E-state index contributed by atoms with van der Waals surface area (Å²) in [6.45, 7) is 4.25. The molecule has 3 heteroatoms. The lowest BCUT2D eigenvalue weighted by Crippen LogP contribution is -1.93. The molecular formula is C14H13Cl2N. The lowest BCUT2D eigenvalue weighted by Gasteiger charge is -2.07. The molecule has 0 aliphatic heterocycles. The summed E-state index contributed by atoms with van der Waals surface area (Å²) in [6.07, 6.45) is 0. The van der Waals surface area contributed by atoms with Gasteiger partial charge in [0, 0.05) is 11.3 Å². The van der Waals surface area contributed by atoms with Crippen LogP contribution in [0.4, 0.5) is 0 Å². The summed E-state index contributed by atoms with van der Waals surface area (Å²) in [7, 11) is 0. The zero-order valence-electron chi connectivity index (χ0n) is 9.74. The fourth-order valence-corrected chi connectivity index (χ4v) is 1.89. The van der Waals surface area contributed by atoms with Crippen LogP contribution in [0.3, 0.4) is 0 Å². The minimum atomic E-state index is 0.415. The number of hydrogen-bond donors (Lipinski definition) is 0. The Morgan fingerprint density at radius 3 is 2.41 bits per heavy atom. The topological polar surface area (TPSA) is 12.9 Å². The van der Waals surface area contributed by atoms with Crippen molar-refractivity contribution in [2.45, 2.75) is 19.8 Å². The van der Waals surface area contributed by atoms with Gasteiger partial charge >= 0.3 is 0 Å². The minimum Gasteiger partial charge on any atom is -0.253 e. The molecule has 1 heterocycles. The van der Waals surface area contributed by atoms with Gasteiger partial charge in [-0.3, -0.25) is 4.98 Å². The van der Waals surface area contributed by atoms with Crippen LogP contribution >= 0.6 is 23.2 Å². The molecule has 88 valence electrons. The summed E-state index contributed by atoms with van der Waals surface area (Å²) in [6, 6.07) is 11.6. The van der Waals surface area contributed by atoms with Gasteiger partial charge in [0.05, 0.1) is 15.7 Å². The van der Waals surface area contributed by atoms with E-state index < -0.39 is 0 Å². The number of aromatic nitrogens is 1. The van der Waals surface area contributed by atoms with Gasteiger partial charge in [0.15, 0.2) is 0 Å². The van der Waals surface area contributed by atoms with E-state index in [9.17, 15) is 0 Å². The maximum absolute atomic E-state index is 6.01. The van der Waals surface area contributed by atoms with Crippen LogP contribution in [-0.2, 0) is 0 Å². The molecule has 0 saturated heterocycles. The molecule has 0 atom stereocenters. The SMILES string of the molecule is CC(C)c1cccc(-c2ccc(Cl)c(Cl)c2)n1. The van der Waals surface area contributed by atoms with E-state index >= 15 is 0 Å². The Bertz CT molecular complexity index is 535. The number of rotatable bonds is 2. The number of hydrogen-bond acceptors (Lipinski definition) is 1. The first-order valence-electron chi connectivity index (χ1n) is 5.50. The molecule has 1 aromatic carbocycles. The van der Waals surface area contributed by atoms with E-state index in [1.54, 1.807) is 6.07 Å². The molecule has 1 aromatic heterocycles. The third-order valence-electron chi connectivity index (χ3n) is 2.58. The molecule has 0 aliphatic rings. The van der Waals surface area contributed by atoms with E-state index in [2.05, 4.69) is 18.8 Å². The second kappa shape index (κ2) is 5.07. The van der Waals surface area contributed by atoms with Crippen LogP contribution in [-0.4, -0.2) is 4.98 Å². The number of nitrogens with zero attached hydrogens (tertiary/aromatic N) is 1. The fraction of sp³-hybridized carbons (Fsp3) is 0.214. The van der Waals surface area contributed by atoms with Crippen molar-refractivity contribution in [3.8, 4) is 11.3 Å². The van der Waals surface area contributed by atoms with Gasteiger partial charge in [0.2, 0.25) is 0 Å². The van der Waals surface area contributed by atoms with Gasteiger partial charge in [0.1, 0.15) is 0 Å². The van der Waals surface area contributed by atoms with Crippen molar-refractivity contribution in [1.29, 1.82) is 0 Å². The third kappa shape index (κ3) is 2.80. The van der Waals surface area contributed by atoms with Gasteiger partial charge in [-0.25, -0.2) is 0 Å². The smallest absolute Gasteiger partial charge is 0.0705 e. The van der Waals surface area contributed by atoms with Crippen molar-refractivity contribution >= 4 is 23.2 Å². The molecule has 0 bridgehead atoms. The second-order valence-electron chi connectivity index (χ2n) is 4.23. The molecule has 0 N–H and O–H groups in total. The first kappa shape index (κ1) is 12.4. The van der Waals surface area contributed by atoms with Gasteiger partial charge in [-0.1, -0.05) is 49.2 Å². The van der Waals surface area contributed by atoms with E-state index in [0.29, 0.717) is 16.0 Å². The predicted octanol–water partition coefficient (Wildman–Crippen LogP) is 5.18. The number of benzene rings is 1. The van der Waals surface area contributed by atoms with Gasteiger partial charge < -0.3 is 0 Å². The van der Waals surface area contributed by atoms with Crippen molar-refractivity contribution in [3.05, 3.63) is 52.1 Å². The van der Waals surface area contributed by atoms with Crippen molar-refractivity contribution in [1.82, 2.24) is 4.98 Å². The Hall–Kier alpha value is -1.05. The average molecular weight is 266 g/mol. The predicted molar refractivity (Wildman–Crippen MR) is 73.8 cm³/mol.